The van der Waals surface area contributed by atoms with Crippen LogP contribution < -0.4 is 0 Å². The van der Waals surface area contributed by atoms with Gasteiger partial charge in [-0.05, 0) is 0 Å². The van der Waals surface area contributed by atoms with Gasteiger partial charge in [0.25, 0.3) is 0 Å². The van der Waals surface area contributed by atoms with Gasteiger partial charge in [-0.15, -0.1) is 0 Å². The molecule has 2 atom stereocenters. The van der Waals surface area contributed by atoms with Gasteiger partial charge >= 0.3 is 246 Å². The van der Waals surface area contributed by atoms with Crippen LogP contribution in [0.1, 0.15) is 93.6 Å². The van der Waals surface area contributed by atoms with Gasteiger partial charge in [0.1, 0.15) is 0 Å². The monoisotopic (exact) mass is 586 g/mol. The van der Waals surface area contributed by atoms with E-state index >= 15 is 0 Å². The van der Waals surface area contributed by atoms with E-state index < -0.39 is 23.2 Å². The molecule has 2 nitrogen and oxygen atoms in total. The van der Waals surface area contributed by atoms with Crippen LogP contribution in [0.15, 0.2) is 85.2 Å². The number of benzene rings is 2. The van der Waals surface area contributed by atoms with E-state index in [-0.39, 0.29) is 10.8 Å². The zero-order chi connectivity index (χ0) is 27.4. The molecule has 194 valence electrons. The Morgan fingerprint density at radius 1 is 0.538 bits per heavy atom. The van der Waals surface area contributed by atoms with E-state index in [0.29, 0.717) is 7.25 Å². The number of nitrogens with zero attached hydrogens (tertiary/aromatic N) is 2. The van der Waals surface area contributed by atoms with Crippen molar-refractivity contribution in [2.24, 2.45) is 0 Å². The van der Waals surface area contributed by atoms with E-state index in [0.717, 1.165) is 11.4 Å². The molecular formula is C36H36N2Zr. The summed E-state index contributed by atoms with van der Waals surface area (Å²) in [4.78, 5) is 9.72. The maximum atomic E-state index is 4.86. The Hall–Kier alpha value is -2.90. The molecule has 39 heavy (non-hydrogen) atoms. The molecule has 4 aromatic rings. The Kier molecular flexibility index (Phi) is 6.71. The summed E-state index contributed by atoms with van der Waals surface area (Å²) in [6.45, 7) is 14.0. The average Bonchev–Trinajstić information content (AvgIpc) is 3.47. The van der Waals surface area contributed by atoms with Gasteiger partial charge in [0.2, 0.25) is 0 Å². The molecule has 0 amide bonds. The van der Waals surface area contributed by atoms with Crippen LogP contribution in [-0.2, 0) is 34.1 Å². The van der Waals surface area contributed by atoms with E-state index in [4.69, 9.17) is 9.97 Å². The van der Waals surface area contributed by atoms with Gasteiger partial charge in [-0.2, -0.15) is 0 Å². The molecule has 0 N–H and O–H groups in total. The Labute approximate surface area is 244 Å². The normalized spacial score (nSPS) is 18.3. The van der Waals surface area contributed by atoms with Gasteiger partial charge in [-0.3, -0.25) is 0 Å². The number of pyridine rings is 2. The van der Waals surface area contributed by atoms with Crippen molar-refractivity contribution < 1.29 is 23.2 Å². The molecule has 2 heterocycles. The molecule has 0 radical (unpaired) electrons. The first-order valence-electron chi connectivity index (χ1n) is 13.9. The van der Waals surface area contributed by atoms with Crippen LogP contribution in [0, 0.1) is 0 Å². The Morgan fingerprint density at radius 2 is 0.974 bits per heavy atom. The summed E-state index contributed by atoms with van der Waals surface area (Å²) in [6.07, 6.45) is 8.81. The van der Waals surface area contributed by atoms with Crippen molar-refractivity contribution in [1.29, 1.82) is 0 Å². The van der Waals surface area contributed by atoms with Crippen LogP contribution in [0.2, 0.25) is 0 Å². The molecule has 0 saturated heterocycles. The van der Waals surface area contributed by atoms with Gasteiger partial charge in [0.05, 0.1) is 0 Å². The molecule has 2 aliphatic rings. The Balaban J connectivity index is 1.52. The topological polar surface area (TPSA) is 25.8 Å². The van der Waals surface area contributed by atoms with Crippen molar-refractivity contribution in [1.82, 2.24) is 9.97 Å². The molecule has 0 bridgehead atoms. The number of fused-ring (bicyclic) bond motifs is 2. The van der Waals surface area contributed by atoms with Gasteiger partial charge in [-0.25, -0.2) is 0 Å². The van der Waals surface area contributed by atoms with Crippen molar-refractivity contribution >= 4 is 23.3 Å². The van der Waals surface area contributed by atoms with Gasteiger partial charge in [0, 0.05) is 0 Å². The third kappa shape index (κ3) is 4.85. The van der Waals surface area contributed by atoms with Gasteiger partial charge in [0.15, 0.2) is 0 Å². The zero-order valence-corrected chi connectivity index (χ0v) is 26.2. The quantitative estimate of drug-likeness (QED) is 0.238. The van der Waals surface area contributed by atoms with Crippen molar-refractivity contribution in [2.45, 2.75) is 59.6 Å². The summed E-state index contributed by atoms with van der Waals surface area (Å²) in [5, 5.41) is 0. The van der Waals surface area contributed by atoms with Crippen molar-refractivity contribution in [3.8, 4) is 0 Å². The maximum absolute atomic E-state index is 4.86. The molecule has 6 rings (SSSR count). The van der Waals surface area contributed by atoms with Crippen LogP contribution >= 0.6 is 0 Å². The van der Waals surface area contributed by atoms with Gasteiger partial charge in [-0.1, -0.05) is 0 Å². The molecule has 2 aromatic carbocycles. The molecule has 3 heteroatoms. The molecule has 0 aliphatic heterocycles. The molecule has 2 aromatic heterocycles. The molecular weight excluding hydrogens is 552 g/mol. The van der Waals surface area contributed by atoms with Crippen LogP contribution in [0.3, 0.4) is 0 Å². The van der Waals surface area contributed by atoms with Crippen LogP contribution in [-0.4, -0.2) is 9.97 Å². The summed E-state index contributed by atoms with van der Waals surface area (Å²) >= 11 is -1.16. The fourth-order valence-corrected chi connectivity index (χ4v) is 11.1. The zero-order valence-electron chi connectivity index (χ0n) is 23.8. The summed E-state index contributed by atoms with van der Waals surface area (Å²) in [5.74, 6) is 0. The second kappa shape index (κ2) is 9.94. The van der Waals surface area contributed by atoms with E-state index in [1.165, 1.54) is 44.5 Å². The van der Waals surface area contributed by atoms with E-state index in [1.54, 1.807) is 0 Å². The van der Waals surface area contributed by atoms with Crippen LogP contribution in [0.5, 0.6) is 0 Å². The van der Waals surface area contributed by atoms with Gasteiger partial charge < -0.3 is 0 Å². The van der Waals surface area contributed by atoms with Crippen molar-refractivity contribution in [3.05, 3.63) is 130 Å². The van der Waals surface area contributed by atoms with E-state index in [9.17, 15) is 0 Å². The predicted molar refractivity (Wildman–Crippen MR) is 160 cm³/mol. The summed E-state index contributed by atoms with van der Waals surface area (Å²) in [6, 6.07) is 26.6. The first-order valence-corrected chi connectivity index (χ1v) is 16.8. The third-order valence-corrected chi connectivity index (χ3v) is 12.7. The fraction of sp³-hybridized carbons (Fsp3) is 0.278. The van der Waals surface area contributed by atoms with Crippen molar-refractivity contribution in [2.75, 3.05) is 0 Å². The minimum absolute atomic E-state index is 0.0809. The van der Waals surface area contributed by atoms with Crippen molar-refractivity contribution in [3.63, 3.8) is 0 Å². The van der Waals surface area contributed by atoms with Crippen LogP contribution in [0.25, 0.3) is 23.3 Å². The standard InChI is InChI=1S/2C18H18N.Zr/c2*1-18(2,3)16-8-6-7-13-11-14(12-15(13)16)17-9-4-5-10-19-17;/h2*4-12H,1-3H3;. The minimum atomic E-state index is -1.16. The number of aromatic nitrogens is 2. The predicted octanol–water partition coefficient (Wildman–Crippen LogP) is 9.04. The van der Waals surface area contributed by atoms with E-state index in [1.807, 2.05) is 24.5 Å². The average molecular weight is 588 g/mol. The molecule has 0 fully saturated rings. The summed E-state index contributed by atoms with van der Waals surface area (Å²) < 4.78 is 0.837. The molecule has 2 aliphatic carbocycles. The second-order valence-electron chi connectivity index (χ2n) is 12.8. The molecule has 2 unspecified atom stereocenters. The number of hydrogen-bond acceptors (Lipinski definition) is 2. The first kappa shape index (κ1) is 26.3. The SMILES string of the molecule is CC(C)(C)c1cccc2c1C=C(c1ccccn1)[CH]2[Zr][CH]1C(c2ccccn2)=Cc2c1cccc2C(C)(C)C. The summed E-state index contributed by atoms with van der Waals surface area (Å²) in [7, 11) is 0. The Morgan fingerprint density at radius 3 is 1.33 bits per heavy atom. The summed E-state index contributed by atoms with van der Waals surface area (Å²) in [5.41, 5.74) is 13.9. The Bertz CT molecular complexity index is 1460. The number of hydrogen-bond donors (Lipinski definition) is 0. The molecule has 0 spiro atoms. The van der Waals surface area contributed by atoms with E-state index in [2.05, 4.69) is 114 Å². The third-order valence-electron chi connectivity index (χ3n) is 7.99. The first-order chi connectivity index (χ1) is 18.6. The van der Waals surface area contributed by atoms with Crippen LogP contribution in [0.4, 0.5) is 0 Å². The second-order valence-corrected chi connectivity index (χ2v) is 16.4. The number of allylic oxidation sites excluding steroid dienone is 2. The molecule has 0 saturated carbocycles. The fourth-order valence-electron chi connectivity index (χ4n) is 6.15. The number of rotatable bonds is 4.